The Morgan fingerprint density at radius 1 is 1.19 bits per heavy atom. The molecule has 2 unspecified atom stereocenters. The Labute approximate surface area is 102 Å². The standard InChI is InChI=1S/C14H30N2/c1-11(2)8-14-10-16(7-6-15-14)9-13(5)12(3)4/h11-15H,6-10H2,1-5H3. The summed E-state index contributed by atoms with van der Waals surface area (Å²) >= 11 is 0. The van der Waals surface area contributed by atoms with Gasteiger partial charge in [0.25, 0.3) is 0 Å². The Morgan fingerprint density at radius 3 is 2.44 bits per heavy atom. The summed E-state index contributed by atoms with van der Waals surface area (Å²) in [5, 5.41) is 3.64. The van der Waals surface area contributed by atoms with Crippen LogP contribution in [0.2, 0.25) is 0 Å². The first kappa shape index (κ1) is 14.0. The highest BCUT2D eigenvalue weighted by Crippen LogP contribution is 2.15. The summed E-state index contributed by atoms with van der Waals surface area (Å²) in [5.41, 5.74) is 0. The zero-order chi connectivity index (χ0) is 12.1. The lowest BCUT2D eigenvalue weighted by Gasteiger charge is -2.36. The molecule has 0 amide bonds. The van der Waals surface area contributed by atoms with E-state index in [-0.39, 0.29) is 0 Å². The van der Waals surface area contributed by atoms with E-state index in [1.165, 1.54) is 32.6 Å². The van der Waals surface area contributed by atoms with Gasteiger partial charge in [0.1, 0.15) is 0 Å². The smallest absolute Gasteiger partial charge is 0.0198 e. The van der Waals surface area contributed by atoms with Crippen molar-refractivity contribution in [1.82, 2.24) is 10.2 Å². The van der Waals surface area contributed by atoms with Crippen LogP contribution in [0.5, 0.6) is 0 Å². The van der Waals surface area contributed by atoms with Gasteiger partial charge in [-0.15, -0.1) is 0 Å². The summed E-state index contributed by atoms with van der Waals surface area (Å²) in [7, 11) is 0. The summed E-state index contributed by atoms with van der Waals surface area (Å²) in [6.07, 6.45) is 1.31. The minimum absolute atomic E-state index is 0.716. The molecule has 0 aromatic heterocycles. The number of rotatable bonds is 5. The molecule has 2 nitrogen and oxygen atoms in total. The van der Waals surface area contributed by atoms with Crippen molar-refractivity contribution >= 4 is 0 Å². The van der Waals surface area contributed by atoms with Crippen molar-refractivity contribution in [3.63, 3.8) is 0 Å². The summed E-state index contributed by atoms with van der Waals surface area (Å²) in [5.74, 6) is 2.43. The zero-order valence-electron chi connectivity index (χ0n) is 11.8. The van der Waals surface area contributed by atoms with Gasteiger partial charge >= 0.3 is 0 Å². The first-order valence-electron chi connectivity index (χ1n) is 6.94. The SMILES string of the molecule is CC(C)CC1CN(CC(C)C(C)C)CCN1. The van der Waals surface area contributed by atoms with Gasteiger partial charge in [0.15, 0.2) is 0 Å². The second-order valence-corrected chi connectivity index (χ2v) is 6.26. The zero-order valence-corrected chi connectivity index (χ0v) is 11.8. The van der Waals surface area contributed by atoms with Crippen molar-refractivity contribution in [3.05, 3.63) is 0 Å². The molecule has 1 heterocycles. The van der Waals surface area contributed by atoms with Gasteiger partial charge in [0, 0.05) is 32.2 Å². The molecule has 1 N–H and O–H groups in total. The Morgan fingerprint density at radius 2 is 1.88 bits per heavy atom. The molecule has 1 fully saturated rings. The monoisotopic (exact) mass is 226 g/mol. The van der Waals surface area contributed by atoms with E-state index in [1.54, 1.807) is 0 Å². The second-order valence-electron chi connectivity index (χ2n) is 6.26. The average molecular weight is 226 g/mol. The van der Waals surface area contributed by atoms with Gasteiger partial charge in [0.05, 0.1) is 0 Å². The van der Waals surface area contributed by atoms with Crippen molar-refractivity contribution in [2.45, 2.75) is 47.1 Å². The predicted molar refractivity (Wildman–Crippen MR) is 71.7 cm³/mol. The first-order chi connectivity index (χ1) is 7.49. The molecule has 1 saturated heterocycles. The van der Waals surface area contributed by atoms with E-state index < -0.39 is 0 Å². The Bertz CT molecular complexity index is 189. The molecule has 1 aliphatic heterocycles. The molecule has 0 spiro atoms. The van der Waals surface area contributed by atoms with E-state index in [1.807, 2.05) is 0 Å². The fraction of sp³-hybridized carbons (Fsp3) is 1.00. The van der Waals surface area contributed by atoms with E-state index in [4.69, 9.17) is 0 Å². The molecular weight excluding hydrogens is 196 g/mol. The summed E-state index contributed by atoms with van der Waals surface area (Å²) in [6.45, 7) is 16.6. The van der Waals surface area contributed by atoms with Crippen LogP contribution >= 0.6 is 0 Å². The number of piperazine rings is 1. The lowest BCUT2D eigenvalue weighted by Crippen LogP contribution is -2.52. The van der Waals surface area contributed by atoms with Crippen LogP contribution in [-0.2, 0) is 0 Å². The average Bonchev–Trinajstić information content (AvgIpc) is 2.16. The molecule has 1 rings (SSSR count). The van der Waals surface area contributed by atoms with Gasteiger partial charge in [-0.25, -0.2) is 0 Å². The number of hydrogen-bond acceptors (Lipinski definition) is 2. The molecular formula is C14H30N2. The molecule has 0 aliphatic carbocycles. The third-order valence-corrected chi connectivity index (χ3v) is 3.78. The molecule has 1 aliphatic rings. The topological polar surface area (TPSA) is 15.3 Å². The van der Waals surface area contributed by atoms with Gasteiger partial charge in [-0.2, -0.15) is 0 Å². The molecule has 2 heteroatoms. The fourth-order valence-electron chi connectivity index (χ4n) is 2.41. The summed E-state index contributed by atoms with van der Waals surface area (Å²) in [6, 6.07) is 0.716. The molecule has 2 atom stereocenters. The quantitative estimate of drug-likeness (QED) is 0.775. The van der Waals surface area contributed by atoms with Crippen LogP contribution in [0, 0.1) is 17.8 Å². The maximum atomic E-state index is 3.64. The van der Waals surface area contributed by atoms with Gasteiger partial charge < -0.3 is 10.2 Å². The molecule has 0 radical (unpaired) electrons. The van der Waals surface area contributed by atoms with E-state index >= 15 is 0 Å². The maximum Gasteiger partial charge on any atom is 0.0198 e. The van der Waals surface area contributed by atoms with Crippen LogP contribution in [-0.4, -0.2) is 37.1 Å². The van der Waals surface area contributed by atoms with Crippen LogP contribution in [0.4, 0.5) is 0 Å². The molecule has 16 heavy (non-hydrogen) atoms. The molecule has 96 valence electrons. The Kier molecular flexibility index (Phi) is 5.77. The number of hydrogen-bond donors (Lipinski definition) is 1. The van der Waals surface area contributed by atoms with Crippen LogP contribution in [0.25, 0.3) is 0 Å². The highest BCUT2D eigenvalue weighted by molar-refractivity contribution is 4.80. The van der Waals surface area contributed by atoms with Gasteiger partial charge in [0.2, 0.25) is 0 Å². The van der Waals surface area contributed by atoms with Crippen molar-refractivity contribution in [3.8, 4) is 0 Å². The number of nitrogens with zero attached hydrogens (tertiary/aromatic N) is 1. The van der Waals surface area contributed by atoms with Crippen molar-refractivity contribution in [2.75, 3.05) is 26.2 Å². The van der Waals surface area contributed by atoms with Gasteiger partial charge in [-0.05, 0) is 24.2 Å². The van der Waals surface area contributed by atoms with Crippen molar-refractivity contribution in [1.29, 1.82) is 0 Å². The van der Waals surface area contributed by atoms with Gasteiger partial charge in [-0.3, -0.25) is 0 Å². The first-order valence-corrected chi connectivity index (χ1v) is 6.94. The largest absolute Gasteiger partial charge is 0.311 e. The third-order valence-electron chi connectivity index (χ3n) is 3.78. The predicted octanol–water partition coefficient (Wildman–Crippen LogP) is 2.60. The Hall–Kier alpha value is -0.0800. The highest BCUT2D eigenvalue weighted by atomic mass is 15.2. The fourth-order valence-corrected chi connectivity index (χ4v) is 2.41. The minimum atomic E-state index is 0.716. The molecule has 0 bridgehead atoms. The normalized spacial score (nSPS) is 25.3. The van der Waals surface area contributed by atoms with Crippen molar-refractivity contribution in [2.24, 2.45) is 17.8 Å². The van der Waals surface area contributed by atoms with Crippen LogP contribution in [0.15, 0.2) is 0 Å². The third kappa shape index (κ3) is 4.84. The van der Waals surface area contributed by atoms with E-state index in [0.29, 0.717) is 6.04 Å². The molecule has 0 aromatic carbocycles. The maximum absolute atomic E-state index is 3.64. The second kappa shape index (κ2) is 6.61. The van der Waals surface area contributed by atoms with Crippen LogP contribution < -0.4 is 5.32 Å². The molecule has 0 aromatic rings. The lowest BCUT2D eigenvalue weighted by atomic mass is 9.96. The van der Waals surface area contributed by atoms with Crippen LogP contribution in [0.1, 0.15) is 41.0 Å². The summed E-state index contributed by atoms with van der Waals surface area (Å²) < 4.78 is 0. The highest BCUT2D eigenvalue weighted by Gasteiger charge is 2.21. The van der Waals surface area contributed by atoms with Gasteiger partial charge in [-0.1, -0.05) is 34.6 Å². The van der Waals surface area contributed by atoms with E-state index in [0.717, 1.165) is 17.8 Å². The molecule has 0 saturated carbocycles. The van der Waals surface area contributed by atoms with E-state index in [9.17, 15) is 0 Å². The lowest BCUT2D eigenvalue weighted by molar-refractivity contribution is 0.153. The summed E-state index contributed by atoms with van der Waals surface area (Å²) in [4.78, 5) is 2.65. The Balaban J connectivity index is 2.32. The van der Waals surface area contributed by atoms with Crippen LogP contribution in [0.3, 0.4) is 0 Å². The van der Waals surface area contributed by atoms with E-state index in [2.05, 4.69) is 44.8 Å². The number of nitrogens with one attached hydrogen (secondary N) is 1. The minimum Gasteiger partial charge on any atom is -0.311 e. The van der Waals surface area contributed by atoms with Crippen molar-refractivity contribution < 1.29 is 0 Å².